The van der Waals surface area contributed by atoms with E-state index in [0.717, 1.165) is 11.3 Å². The van der Waals surface area contributed by atoms with E-state index in [-0.39, 0.29) is 5.56 Å². The van der Waals surface area contributed by atoms with E-state index in [1.165, 1.54) is 29.5 Å². The number of hydrogen-bond acceptors (Lipinski definition) is 3. The van der Waals surface area contributed by atoms with Gasteiger partial charge < -0.3 is 4.74 Å². The van der Waals surface area contributed by atoms with Gasteiger partial charge in [-0.2, -0.15) is 0 Å². The zero-order valence-electron chi connectivity index (χ0n) is 12.3. The summed E-state index contributed by atoms with van der Waals surface area (Å²) in [7, 11) is 1.61. The number of halogens is 2. The van der Waals surface area contributed by atoms with Crippen molar-refractivity contribution in [3.8, 4) is 17.0 Å². The van der Waals surface area contributed by atoms with Crippen molar-refractivity contribution in [1.29, 1.82) is 0 Å². The normalized spacial score (nSPS) is 11.1. The second-order valence-electron chi connectivity index (χ2n) is 4.78. The largest absolute Gasteiger partial charge is 0.497 e. The third-order valence-corrected chi connectivity index (χ3v) is 4.06. The average molecular weight is 329 g/mol. The number of benzene rings is 2. The summed E-state index contributed by atoms with van der Waals surface area (Å²) in [4.78, 5) is 4.28. The van der Waals surface area contributed by atoms with Gasteiger partial charge in [0.2, 0.25) is 0 Å². The van der Waals surface area contributed by atoms with Gasteiger partial charge >= 0.3 is 0 Å². The van der Waals surface area contributed by atoms with Crippen LogP contribution in [0.2, 0.25) is 0 Å². The summed E-state index contributed by atoms with van der Waals surface area (Å²) in [5.74, 6) is -0.461. The molecule has 0 unspecified atom stereocenters. The molecule has 0 aliphatic heterocycles. The highest BCUT2D eigenvalue weighted by molar-refractivity contribution is 7.10. The Bertz CT molecular complexity index is 837. The lowest BCUT2D eigenvalue weighted by Crippen LogP contribution is -1.89. The Morgan fingerprint density at radius 3 is 2.52 bits per heavy atom. The molecule has 2 aromatic carbocycles. The standard InChI is InChI=1S/C18H13F2NOS/c1-22-13-5-2-4-12(10-13)8-9-17-21-16(11-23-17)18-14(19)6-3-7-15(18)20/h2-11H,1H3/b9-8+. The van der Waals surface area contributed by atoms with E-state index in [0.29, 0.717) is 10.7 Å². The van der Waals surface area contributed by atoms with Crippen LogP contribution in [0.1, 0.15) is 10.6 Å². The van der Waals surface area contributed by atoms with Gasteiger partial charge in [0, 0.05) is 5.38 Å². The van der Waals surface area contributed by atoms with Gasteiger partial charge in [0.05, 0.1) is 18.4 Å². The quantitative estimate of drug-likeness (QED) is 0.651. The van der Waals surface area contributed by atoms with Crippen molar-refractivity contribution < 1.29 is 13.5 Å². The van der Waals surface area contributed by atoms with Crippen LogP contribution >= 0.6 is 11.3 Å². The molecule has 3 rings (SSSR count). The maximum atomic E-state index is 13.8. The molecular formula is C18H13F2NOS. The molecular weight excluding hydrogens is 316 g/mol. The van der Waals surface area contributed by atoms with Gasteiger partial charge in [-0.1, -0.05) is 24.3 Å². The topological polar surface area (TPSA) is 22.1 Å². The van der Waals surface area contributed by atoms with Gasteiger partial charge in [0.15, 0.2) is 0 Å². The van der Waals surface area contributed by atoms with Crippen molar-refractivity contribution in [3.05, 3.63) is 70.1 Å². The maximum absolute atomic E-state index is 13.8. The van der Waals surface area contributed by atoms with Crippen LogP contribution < -0.4 is 4.74 Å². The number of hydrogen-bond donors (Lipinski definition) is 0. The van der Waals surface area contributed by atoms with E-state index < -0.39 is 11.6 Å². The molecule has 0 radical (unpaired) electrons. The molecule has 0 aliphatic rings. The molecule has 0 atom stereocenters. The molecule has 0 bridgehead atoms. The fraction of sp³-hybridized carbons (Fsp3) is 0.0556. The van der Waals surface area contributed by atoms with Crippen molar-refractivity contribution in [1.82, 2.24) is 4.98 Å². The zero-order valence-corrected chi connectivity index (χ0v) is 13.1. The second-order valence-corrected chi connectivity index (χ2v) is 5.67. The van der Waals surface area contributed by atoms with E-state index in [1.54, 1.807) is 12.5 Å². The zero-order chi connectivity index (χ0) is 16.2. The lowest BCUT2D eigenvalue weighted by atomic mass is 10.1. The number of thiazole rings is 1. The van der Waals surface area contributed by atoms with E-state index in [9.17, 15) is 8.78 Å². The minimum Gasteiger partial charge on any atom is -0.497 e. The third kappa shape index (κ3) is 3.46. The average Bonchev–Trinajstić information content (AvgIpc) is 3.01. The summed E-state index contributed by atoms with van der Waals surface area (Å²) < 4.78 is 32.7. The van der Waals surface area contributed by atoms with Crippen LogP contribution in [0.3, 0.4) is 0 Å². The second kappa shape index (κ2) is 6.71. The summed E-state index contributed by atoms with van der Waals surface area (Å²) >= 11 is 1.33. The first-order valence-corrected chi connectivity index (χ1v) is 7.77. The van der Waals surface area contributed by atoms with Crippen LogP contribution in [0, 0.1) is 11.6 Å². The Labute approximate surface area is 136 Å². The highest BCUT2D eigenvalue weighted by atomic mass is 32.1. The fourth-order valence-electron chi connectivity index (χ4n) is 2.13. The first-order chi connectivity index (χ1) is 11.2. The van der Waals surface area contributed by atoms with Gasteiger partial charge in [-0.25, -0.2) is 13.8 Å². The van der Waals surface area contributed by atoms with E-state index in [4.69, 9.17) is 4.74 Å². The van der Waals surface area contributed by atoms with Crippen molar-refractivity contribution in [2.24, 2.45) is 0 Å². The number of methoxy groups -OCH3 is 1. The van der Waals surface area contributed by atoms with Crippen molar-refractivity contribution >= 4 is 23.5 Å². The Morgan fingerprint density at radius 2 is 1.78 bits per heavy atom. The molecule has 1 aromatic heterocycles. The van der Waals surface area contributed by atoms with Gasteiger partial charge in [-0.05, 0) is 35.9 Å². The molecule has 1 heterocycles. The molecule has 0 spiro atoms. The van der Waals surface area contributed by atoms with E-state index in [2.05, 4.69) is 4.98 Å². The Balaban J connectivity index is 1.86. The van der Waals surface area contributed by atoms with Crippen LogP contribution in [-0.2, 0) is 0 Å². The lowest BCUT2D eigenvalue weighted by Gasteiger charge is -2.00. The summed E-state index contributed by atoms with van der Waals surface area (Å²) in [5.41, 5.74) is 1.17. The number of rotatable bonds is 4. The van der Waals surface area contributed by atoms with Gasteiger partial charge in [0.1, 0.15) is 22.4 Å². The first-order valence-electron chi connectivity index (χ1n) is 6.89. The van der Waals surface area contributed by atoms with Crippen LogP contribution in [0.25, 0.3) is 23.4 Å². The molecule has 0 N–H and O–H groups in total. The smallest absolute Gasteiger partial charge is 0.135 e. The van der Waals surface area contributed by atoms with Crippen molar-refractivity contribution in [2.75, 3.05) is 7.11 Å². The Morgan fingerprint density at radius 1 is 1.04 bits per heavy atom. The number of aromatic nitrogens is 1. The van der Waals surface area contributed by atoms with Crippen LogP contribution in [-0.4, -0.2) is 12.1 Å². The molecule has 0 amide bonds. The summed E-state index contributed by atoms with van der Waals surface area (Å²) in [6.07, 6.45) is 3.69. The fourth-order valence-corrected chi connectivity index (χ4v) is 2.83. The van der Waals surface area contributed by atoms with Gasteiger partial charge in [0.25, 0.3) is 0 Å². The predicted octanol–water partition coefficient (Wildman–Crippen LogP) is 5.27. The molecule has 3 aromatic rings. The highest BCUT2D eigenvalue weighted by Gasteiger charge is 2.13. The molecule has 0 saturated heterocycles. The number of nitrogens with zero attached hydrogens (tertiary/aromatic N) is 1. The molecule has 2 nitrogen and oxygen atoms in total. The minimum absolute atomic E-state index is 0.0928. The predicted molar refractivity (Wildman–Crippen MR) is 89.4 cm³/mol. The van der Waals surface area contributed by atoms with Gasteiger partial charge in [-0.3, -0.25) is 0 Å². The third-order valence-electron chi connectivity index (χ3n) is 3.25. The van der Waals surface area contributed by atoms with Crippen LogP contribution in [0.15, 0.2) is 47.8 Å². The summed E-state index contributed by atoms with van der Waals surface area (Å²) in [6, 6.07) is 11.4. The van der Waals surface area contributed by atoms with E-state index >= 15 is 0 Å². The highest BCUT2D eigenvalue weighted by Crippen LogP contribution is 2.28. The van der Waals surface area contributed by atoms with Crippen LogP contribution in [0.4, 0.5) is 8.78 Å². The minimum atomic E-state index is -0.612. The molecule has 0 aliphatic carbocycles. The molecule has 23 heavy (non-hydrogen) atoms. The lowest BCUT2D eigenvalue weighted by molar-refractivity contribution is 0.414. The maximum Gasteiger partial charge on any atom is 0.135 e. The van der Waals surface area contributed by atoms with Crippen molar-refractivity contribution in [2.45, 2.75) is 0 Å². The van der Waals surface area contributed by atoms with E-state index in [1.807, 2.05) is 36.4 Å². The Kier molecular flexibility index (Phi) is 4.48. The number of ether oxygens (including phenoxy) is 1. The Hall–Kier alpha value is -2.53. The van der Waals surface area contributed by atoms with Crippen molar-refractivity contribution in [3.63, 3.8) is 0 Å². The first kappa shape index (κ1) is 15.4. The summed E-state index contributed by atoms with van der Waals surface area (Å²) in [5, 5.41) is 2.32. The monoisotopic (exact) mass is 329 g/mol. The van der Waals surface area contributed by atoms with Crippen LogP contribution in [0.5, 0.6) is 5.75 Å². The summed E-state index contributed by atoms with van der Waals surface area (Å²) in [6.45, 7) is 0. The molecule has 5 heteroatoms. The molecule has 0 fully saturated rings. The molecule has 116 valence electrons. The SMILES string of the molecule is COc1cccc(/C=C/c2nc(-c3c(F)cccc3F)cs2)c1. The molecule has 0 saturated carbocycles. The van der Waals surface area contributed by atoms with Gasteiger partial charge in [-0.15, -0.1) is 11.3 Å².